The third-order valence-corrected chi connectivity index (χ3v) is 4.12. The summed E-state index contributed by atoms with van der Waals surface area (Å²) >= 11 is 0. The Hall–Kier alpha value is -1.02. The van der Waals surface area contributed by atoms with Gasteiger partial charge >= 0.3 is 0 Å². The molecule has 1 aromatic rings. The minimum atomic E-state index is 0.366. The van der Waals surface area contributed by atoms with Gasteiger partial charge in [-0.05, 0) is 62.8 Å². The van der Waals surface area contributed by atoms with Crippen LogP contribution in [-0.4, -0.2) is 19.2 Å². The normalized spacial score (nSPS) is 23.6. The largest absolute Gasteiger partial charge is 0.490 e. The van der Waals surface area contributed by atoms with Crippen molar-refractivity contribution in [2.75, 3.05) is 7.05 Å². The molecule has 0 heterocycles. The summed E-state index contributed by atoms with van der Waals surface area (Å²) in [7, 11) is 2.05. The van der Waals surface area contributed by atoms with E-state index in [4.69, 9.17) is 4.74 Å². The van der Waals surface area contributed by atoms with Crippen LogP contribution in [0.1, 0.15) is 56.6 Å². The van der Waals surface area contributed by atoms with E-state index in [9.17, 15) is 0 Å². The van der Waals surface area contributed by atoms with Crippen molar-refractivity contribution >= 4 is 0 Å². The lowest BCUT2D eigenvalue weighted by atomic mass is 9.92. The first-order valence-electron chi connectivity index (χ1n) is 7.54. The molecule has 0 saturated heterocycles. The fourth-order valence-electron chi connectivity index (χ4n) is 2.91. The minimum absolute atomic E-state index is 0.366. The summed E-state index contributed by atoms with van der Waals surface area (Å²) in [5, 5.41) is 3.39. The van der Waals surface area contributed by atoms with Crippen LogP contribution in [0.4, 0.5) is 0 Å². The second kappa shape index (κ2) is 6.42. The fourth-order valence-corrected chi connectivity index (χ4v) is 2.91. The average molecular weight is 261 g/mol. The molecule has 2 nitrogen and oxygen atoms in total. The van der Waals surface area contributed by atoms with E-state index < -0.39 is 0 Å². The first kappa shape index (κ1) is 14.4. The fraction of sp³-hybridized carbons (Fsp3) is 0.647. The van der Waals surface area contributed by atoms with Crippen molar-refractivity contribution in [3.8, 4) is 5.75 Å². The molecule has 0 aliphatic heterocycles. The molecule has 1 aliphatic rings. The number of nitrogens with one attached hydrogen (secondary N) is 1. The maximum Gasteiger partial charge on any atom is 0.123 e. The lowest BCUT2D eigenvalue weighted by molar-refractivity contribution is 0.135. The molecule has 1 saturated carbocycles. The van der Waals surface area contributed by atoms with Gasteiger partial charge in [-0.15, -0.1) is 0 Å². The highest BCUT2D eigenvalue weighted by atomic mass is 16.5. The Kier molecular flexibility index (Phi) is 4.87. The van der Waals surface area contributed by atoms with Crippen molar-refractivity contribution in [1.82, 2.24) is 5.32 Å². The molecule has 0 radical (unpaired) electrons. The van der Waals surface area contributed by atoms with E-state index in [1.165, 1.54) is 30.4 Å². The van der Waals surface area contributed by atoms with Gasteiger partial charge in [-0.2, -0.15) is 0 Å². The Bertz CT molecular complexity index is 414. The van der Waals surface area contributed by atoms with E-state index in [2.05, 4.69) is 51.3 Å². The van der Waals surface area contributed by atoms with Gasteiger partial charge < -0.3 is 10.1 Å². The summed E-state index contributed by atoms with van der Waals surface area (Å²) in [6, 6.07) is 7.21. The van der Waals surface area contributed by atoms with Crippen molar-refractivity contribution in [1.29, 1.82) is 0 Å². The van der Waals surface area contributed by atoms with Gasteiger partial charge in [0.25, 0.3) is 0 Å². The summed E-state index contributed by atoms with van der Waals surface area (Å²) in [6.07, 6.45) is 5.22. The molecule has 106 valence electrons. The Labute approximate surface area is 117 Å². The first-order valence-corrected chi connectivity index (χ1v) is 7.54. The molecular formula is C17H27NO. The average Bonchev–Trinajstić information content (AvgIpc) is 2.38. The van der Waals surface area contributed by atoms with Crippen LogP contribution in [0.5, 0.6) is 5.75 Å². The van der Waals surface area contributed by atoms with Crippen LogP contribution in [0.2, 0.25) is 0 Å². The second-order valence-electron chi connectivity index (χ2n) is 6.09. The maximum atomic E-state index is 6.32. The van der Waals surface area contributed by atoms with Gasteiger partial charge in [-0.25, -0.2) is 0 Å². The summed E-state index contributed by atoms with van der Waals surface area (Å²) in [5.74, 6) is 1.61. The highest BCUT2D eigenvalue weighted by Crippen LogP contribution is 2.31. The summed E-state index contributed by atoms with van der Waals surface area (Å²) in [4.78, 5) is 0. The van der Waals surface area contributed by atoms with E-state index in [1.54, 1.807) is 0 Å². The molecule has 1 fully saturated rings. The topological polar surface area (TPSA) is 21.3 Å². The van der Waals surface area contributed by atoms with Crippen LogP contribution >= 0.6 is 0 Å². The molecule has 0 bridgehead atoms. The quantitative estimate of drug-likeness (QED) is 0.883. The van der Waals surface area contributed by atoms with Crippen molar-refractivity contribution in [2.24, 2.45) is 0 Å². The monoisotopic (exact) mass is 261 g/mol. The van der Waals surface area contributed by atoms with Gasteiger partial charge in [0.2, 0.25) is 0 Å². The van der Waals surface area contributed by atoms with Gasteiger partial charge in [0, 0.05) is 6.04 Å². The Morgan fingerprint density at radius 2 is 2.05 bits per heavy atom. The second-order valence-corrected chi connectivity index (χ2v) is 6.09. The molecule has 0 amide bonds. The number of ether oxygens (including phenoxy) is 1. The molecule has 19 heavy (non-hydrogen) atoms. The minimum Gasteiger partial charge on any atom is -0.490 e. The van der Waals surface area contributed by atoms with Gasteiger partial charge in [0.05, 0.1) is 0 Å². The maximum absolute atomic E-state index is 6.32. The van der Waals surface area contributed by atoms with Gasteiger partial charge in [-0.3, -0.25) is 0 Å². The van der Waals surface area contributed by atoms with Crippen molar-refractivity contribution in [3.05, 3.63) is 29.3 Å². The Morgan fingerprint density at radius 1 is 1.26 bits per heavy atom. The molecule has 2 heteroatoms. The van der Waals surface area contributed by atoms with Crippen molar-refractivity contribution in [2.45, 2.75) is 64.5 Å². The SMILES string of the molecule is CNC1CCCC(Oc2cc(C)ccc2C(C)C)C1. The molecule has 2 unspecified atom stereocenters. The van der Waals surface area contributed by atoms with Gasteiger partial charge in [0.1, 0.15) is 11.9 Å². The van der Waals surface area contributed by atoms with Crippen LogP contribution in [0, 0.1) is 6.92 Å². The van der Waals surface area contributed by atoms with Crippen molar-refractivity contribution < 1.29 is 4.74 Å². The van der Waals surface area contributed by atoms with Crippen LogP contribution in [-0.2, 0) is 0 Å². The number of hydrogen-bond donors (Lipinski definition) is 1. The molecule has 0 spiro atoms. The number of hydrogen-bond acceptors (Lipinski definition) is 2. The van der Waals surface area contributed by atoms with E-state index in [-0.39, 0.29) is 0 Å². The molecule has 0 aromatic heterocycles. The Morgan fingerprint density at radius 3 is 2.74 bits per heavy atom. The smallest absolute Gasteiger partial charge is 0.123 e. The lowest BCUT2D eigenvalue weighted by Crippen LogP contribution is -2.36. The van der Waals surface area contributed by atoms with Crippen LogP contribution in [0.15, 0.2) is 18.2 Å². The summed E-state index contributed by atoms with van der Waals surface area (Å²) in [5.41, 5.74) is 2.61. The predicted octanol–water partition coefficient (Wildman–Crippen LogP) is 4.03. The van der Waals surface area contributed by atoms with E-state index >= 15 is 0 Å². The number of aryl methyl sites for hydroxylation is 1. The van der Waals surface area contributed by atoms with Gasteiger partial charge in [0.15, 0.2) is 0 Å². The highest BCUT2D eigenvalue weighted by molar-refractivity contribution is 5.39. The zero-order valence-electron chi connectivity index (χ0n) is 12.7. The van der Waals surface area contributed by atoms with Gasteiger partial charge in [-0.1, -0.05) is 26.0 Å². The first-order chi connectivity index (χ1) is 9.10. The lowest BCUT2D eigenvalue weighted by Gasteiger charge is -2.30. The standard InChI is InChI=1S/C17H27NO/c1-12(2)16-9-8-13(3)10-17(16)19-15-7-5-6-14(11-15)18-4/h8-10,12,14-15,18H,5-7,11H2,1-4H3. The zero-order valence-corrected chi connectivity index (χ0v) is 12.7. The molecule has 1 aromatic carbocycles. The summed E-state index contributed by atoms with van der Waals surface area (Å²) < 4.78 is 6.32. The predicted molar refractivity (Wildman–Crippen MR) is 81.0 cm³/mol. The molecule has 1 aliphatic carbocycles. The summed E-state index contributed by atoms with van der Waals surface area (Å²) in [6.45, 7) is 6.60. The van der Waals surface area contributed by atoms with E-state index in [1.807, 2.05) is 0 Å². The Balaban J connectivity index is 2.11. The zero-order chi connectivity index (χ0) is 13.8. The van der Waals surface area contributed by atoms with E-state index in [0.29, 0.717) is 18.1 Å². The third-order valence-electron chi connectivity index (χ3n) is 4.12. The molecular weight excluding hydrogens is 234 g/mol. The van der Waals surface area contributed by atoms with Crippen LogP contribution < -0.4 is 10.1 Å². The number of rotatable bonds is 4. The van der Waals surface area contributed by atoms with E-state index in [0.717, 1.165) is 12.2 Å². The third kappa shape index (κ3) is 3.73. The van der Waals surface area contributed by atoms with Crippen molar-refractivity contribution in [3.63, 3.8) is 0 Å². The van der Waals surface area contributed by atoms with Crippen LogP contribution in [0.25, 0.3) is 0 Å². The number of benzene rings is 1. The van der Waals surface area contributed by atoms with Crippen LogP contribution in [0.3, 0.4) is 0 Å². The highest BCUT2D eigenvalue weighted by Gasteiger charge is 2.23. The molecule has 1 N–H and O–H groups in total. The molecule has 2 atom stereocenters. The molecule has 2 rings (SSSR count).